The summed E-state index contributed by atoms with van der Waals surface area (Å²) < 4.78 is 30.0. The fraction of sp³-hybridized carbons (Fsp3) is 0. The molecule has 0 rings (SSSR count). The summed E-state index contributed by atoms with van der Waals surface area (Å²) in [6.45, 7) is 0. The fourth-order valence-corrected chi connectivity index (χ4v) is 0.284. The molecule has 0 amide bonds. The molecule has 48 valence electrons. The van der Waals surface area contributed by atoms with Crippen molar-refractivity contribution in [3.05, 3.63) is 12.5 Å². The highest BCUT2D eigenvalue weighted by molar-refractivity contribution is 7.77. The van der Waals surface area contributed by atoms with Crippen LogP contribution in [0.2, 0.25) is 0 Å². The molecule has 0 aromatic carbocycles. The first kappa shape index (κ1) is 7.38. The molecule has 4 nitrogen and oxygen atoms in total. The molecule has 2 N–H and O–H groups in total. The van der Waals surface area contributed by atoms with Crippen molar-refractivity contribution in [3.8, 4) is 0 Å². The first-order chi connectivity index (χ1) is 3.77. The third-order valence-corrected chi connectivity index (χ3v) is 0.626. The molecular formula is C2H4FNO3S. The van der Waals surface area contributed by atoms with Crippen LogP contribution in [0.15, 0.2) is 12.5 Å². The molecule has 1 unspecified atom stereocenters. The highest BCUT2D eigenvalue weighted by atomic mass is 32.2. The largest absolute Gasteiger partial charge is 0.301 e. The highest BCUT2D eigenvalue weighted by Gasteiger charge is 1.79. The molecule has 1 atom stereocenters. The van der Waals surface area contributed by atoms with Gasteiger partial charge in [-0.2, -0.15) is 0 Å². The van der Waals surface area contributed by atoms with Crippen LogP contribution >= 0.6 is 0 Å². The van der Waals surface area contributed by atoms with Crippen molar-refractivity contribution < 1.29 is 18.2 Å². The predicted molar refractivity (Wildman–Crippen MR) is 25.2 cm³/mol. The molecule has 0 aliphatic rings. The summed E-state index contributed by atoms with van der Waals surface area (Å²) in [7, 11) is 0. The van der Waals surface area contributed by atoms with E-state index in [4.69, 9.17) is 4.55 Å². The second-order valence-corrected chi connectivity index (χ2v) is 1.49. The van der Waals surface area contributed by atoms with Crippen LogP contribution in [0.25, 0.3) is 0 Å². The number of nitrogens with one attached hydrogen (secondary N) is 1. The van der Waals surface area contributed by atoms with Crippen molar-refractivity contribution in [2.24, 2.45) is 0 Å². The molecule has 8 heavy (non-hydrogen) atoms. The lowest BCUT2D eigenvalue weighted by molar-refractivity contribution is -0.0621. The molecule has 0 aliphatic heterocycles. The SMILES string of the molecule is O=S(O)NC=COF. The van der Waals surface area contributed by atoms with E-state index >= 15 is 0 Å². The average molecular weight is 141 g/mol. The third-order valence-electron chi connectivity index (χ3n) is 0.288. The summed E-state index contributed by atoms with van der Waals surface area (Å²) in [6.07, 6.45) is 1.45. The standard InChI is InChI=1S/C2H4FNO3S/c3-7-2-1-4-8(5)6/h1-2,4H,(H,5,6). The van der Waals surface area contributed by atoms with Gasteiger partial charge < -0.3 is 4.94 Å². The maximum Gasteiger partial charge on any atom is 0.258 e. The van der Waals surface area contributed by atoms with E-state index < -0.39 is 11.3 Å². The van der Waals surface area contributed by atoms with Gasteiger partial charge in [0, 0.05) is 4.53 Å². The first-order valence-corrected chi connectivity index (χ1v) is 2.67. The van der Waals surface area contributed by atoms with Gasteiger partial charge in [0.05, 0.1) is 6.20 Å². The molecular weight excluding hydrogens is 137 g/mol. The maximum atomic E-state index is 10.6. The van der Waals surface area contributed by atoms with Gasteiger partial charge in [-0.3, -0.25) is 9.27 Å². The minimum Gasteiger partial charge on any atom is -0.301 e. The van der Waals surface area contributed by atoms with Crippen LogP contribution in [0.3, 0.4) is 0 Å². The van der Waals surface area contributed by atoms with Crippen molar-refractivity contribution in [3.63, 3.8) is 0 Å². The Morgan fingerprint density at radius 2 is 2.50 bits per heavy atom. The van der Waals surface area contributed by atoms with Gasteiger partial charge in [-0.15, -0.1) is 0 Å². The Bertz CT molecular complexity index is 105. The molecule has 0 aliphatic carbocycles. The van der Waals surface area contributed by atoms with E-state index in [1.165, 1.54) is 0 Å². The highest BCUT2D eigenvalue weighted by Crippen LogP contribution is 1.72. The van der Waals surface area contributed by atoms with Crippen LogP contribution in [0.4, 0.5) is 4.53 Å². The van der Waals surface area contributed by atoms with Crippen molar-refractivity contribution in [1.29, 1.82) is 0 Å². The van der Waals surface area contributed by atoms with Crippen molar-refractivity contribution in [1.82, 2.24) is 4.72 Å². The van der Waals surface area contributed by atoms with Gasteiger partial charge in [0.15, 0.2) is 6.26 Å². The van der Waals surface area contributed by atoms with Gasteiger partial charge >= 0.3 is 0 Å². The molecule has 0 radical (unpaired) electrons. The Balaban J connectivity index is 3.16. The molecule has 0 aromatic heterocycles. The lowest BCUT2D eigenvalue weighted by atomic mass is 11.0. The Kier molecular flexibility index (Phi) is 4.19. The van der Waals surface area contributed by atoms with Crippen LogP contribution in [-0.4, -0.2) is 8.76 Å². The zero-order valence-electron chi connectivity index (χ0n) is 3.70. The molecule has 0 saturated carbocycles. The third kappa shape index (κ3) is 5.38. The fourth-order valence-electron chi connectivity index (χ4n) is 0.112. The summed E-state index contributed by atoms with van der Waals surface area (Å²) in [6, 6.07) is 0. The smallest absolute Gasteiger partial charge is 0.258 e. The molecule has 0 spiro atoms. The molecule has 0 aromatic rings. The van der Waals surface area contributed by atoms with E-state index in [-0.39, 0.29) is 0 Å². The van der Waals surface area contributed by atoms with Crippen LogP contribution in [0.1, 0.15) is 0 Å². The molecule has 0 bridgehead atoms. The van der Waals surface area contributed by atoms with Crippen LogP contribution in [0.5, 0.6) is 0 Å². The first-order valence-electron chi connectivity index (χ1n) is 1.57. The van der Waals surface area contributed by atoms with Crippen molar-refractivity contribution in [2.75, 3.05) is 0 Å². The Labute approximate surface area is 47.7 Å². The van der Waals surface area contributed by atoms with Crippen LogP contribution in [-0.2, 0) is 16.2 Å². The zero-order valence-corrected chi connectivity index (χ0v) is 4.52. The Hall–Kier alpha value is -0.620. The molecule has 0 saturated heterocycles. The summed E-state index contributed by atoms with van der Waals surface area (Å²) in [5.41, 5.74) is 0. The van der Waals surface area contributed by atoms with Gasteiger partial charge in [0.25, 0.3) is 11.3 Å². The maximum absolute atomic E-state index is 10.6. The lowest BCUT2D eigenvalue weighted by Gasteiger charge is -1.85. The Morgan fingerprint density at radius 1 is 1.88 bits per heavy atom. The Morgan fingerprint density at radius 3 is 2.88 bits per heavy atom. The molecule has 0 heterocycles. The number of hydrogen-bond acceptors (Lipinski definition) is 2. The normalized spacial score (nSPS) is 13.8. The van der Waals surface area contributed by atoms with Crippen LogP contribution in [0, 0.1) is 0 Å². The quantitative estimate of drug-likeness (QED) is 0.432. The summed E-state index contributed by atoms with van der Waals surface area (Å²) >= 11 is -2.15. The van der Waals surface area contributed by atoms with Gasteiger partial charge in [-0.1, -0.05) is 0 Å². The minimum absolute atomic E-state index is 0.591. The van der Waals surface area contributed by atoms with Gasteiger partial charge in [0.1, 0.15) is 0 Å². The molecule has 6 heteroatoms. The van der Waals surface area contributed by atoms with E-state index in [2.05, 4.69) is 4.94 Å². The second kappa shape index (κ2) is 4.54. The monoisotopic (exact) mass is 141 g/mol. The lowest BCUT2D eigenvalue weighted by Crippen LogP contribution is -2.06. The van der Waals surface area contributed by atoms with Crippen molar-refractivity contribution >= 4 is 11.3 Å². The van der Waals surface area contributed by atoms with Gasteiger partial charge in [0.2, 0.25) is 0 Å². The van der Waals surface area contributed by atoms with E-state index in [1.807, 2.05) is 4.72 Å². The van der Waals surface area contributed by atoms with Gasteiger partial charge in [-0.05, 0) is 0 Å². The summed E-state index contributed by atoms with van der Waals surface area (Å²) in [4.78, 5) is 2.90. The zero-order chi connectivity index (χ0) is 6.41. The van der Waals surface area contributed by atoms with E-state index in [0.29, 0.717) is 6.26 Å². The number of halogens is 1. The average Bonchev–Trinajstić information content (AvgIpc) is 1.66. The van der Waals surface area contributed by atoms with Crippen LogP contribution < -0.4 is 4.72 Å². The van der Waals surface area contributed by atoms with E-state index in [9.17, 15) is 8.74 Å². The number of hydrogen-bond donors (Lipinski definition) is 2. The van der Waals surface area contributed by atoms with Gasteiger partial charge in [-0.25, -0.2) is 4.21 Å². The predicted octanol–water partition coefficient (Wildman–Crippen LogP) is 0.0850. The molecule has 0 fully saturated rings. The topological polar surface area (TPSA) is 58.6 Å². The van der Waals surface area contributed by atoms with E-state index in [1.54, 1.807) is 0 Å². The van der Waals surface area contributed by atoms with Crippen molar-refractivity contribution in [2.45, 2.75) is 0 Å². The number of rotatable bonds is 3. The summed E-state index contributed by atoms with van der Waals surface area (Å²) in [5.74, 6) is 0. The second-order valence-electron chi connectivity index (χ2n) is 0.759. The minimum atomic E-state index is -2.15. The van der Waals surface area contributed by atoms with E-state index in [0.717, 1.165) is 6.20 Å². The summed E-state index contributed by atoms with van der Waals surface area (Å²) in [5, 5.41) is 0.